The molecule has 0 bridgehead atoms. The summed E-state index contributed by atoms with van der Waals surface area (Å²) >= 11 is 0. The van der Waals surface area contributed by atoms with Crippen molar-refractivity contribution >= 4 is 22.6 Å². The first-order chi connectivity index (χ1) is 13.2. The molecule has 0 aliphatic heterocycles. The van der Waals surface area contributed by atoms with Crippen LogP contribution in [-0.2, 0) is 11.2 Å². The molecule has 3 heterocycles. The number of aromatic amines is 1. The average molecular weight is 358 g/mol. The molecule has 0 atom stereocenters. The van der Waals surface area contributed by atoms with Gasteiger partial charge in [-0.1, -0.05) is 0 Å². The number of methoxy groups -OCH3 is 1. The van der Waals surface area contributed by atoms with Crippen molar-refractivity contribution in [3.05, 3.63) is 72.8 Å². The van der Waals surface area contributed by atoms with Crippen LogP contribution in [0.25, 0.3) is 22.2 Å². The lowest BCUT2D eigenvalue weighted by atomic mass is 10.0. The van der Waals surface area contributed by atoms with Crippen LogP contribution in [0.1, 0.15) is 5.56 Å². The van der Waals surface area contributed by atoms with Crippen LogP contribution in [0.5, 0.6) is 5.75 Å². The van der Waals surface area contributed by atoms with E-state index in [4.69, 9.17) is 4.74 Å². The van der Waals surface area contributed by atoms with Gasteiger partial charge in [0.05, 0.1) is 13.5 Å². The lowest BCUT2D eigenvalue weighted by Crippen LogP contribution is -2.14. The first-order valence-corrected chi connectivity index (χ1v) is 8.53. The number of pyridine rings is 2. The Morgan fingerprint density at radius 3 is 2.81 bits per heavy atom. The van der Waals surface area contributed by atoms with Gasteiger partial charge in [0, 0.05) is 53.1 Å². The van der Waals surface area contributed by atoms with Crippen molar-refractivity contribution in [2.75, 3.05) is 12.4 Å². The maximum absolute atomic E-state index is 12.3. The van der Waals surface area contributed by atoms with Crippen molar-refractivity contribution in [2.24, 2.45) is 0 Å². The highest BCUT2D eigenvalue weighted by molar-refractivity contribution is 5.93. The molecule has 4 aromatic rings. The molecule has 3 aromatic heterocycles. The number of hydrogen-bond acceptors (Lipinski definition) is 4. The molecule has 0 spiro atoms. The fourth-order valence-corrected chi connectivity index (χ4v) is 2.99. The lowest BCUT2D eigenvalue weighted by Gasteiger charge is -2.12. The van der Waals surface area contributed by atoms with Crippen LogP contribution in [-0.4, -0.2) is 28.0 Å². The van der Waals surface area contributed by atoms with Gasteiger partial charge < -0.3 is 15.0 Å². The summed E-state index contributed by atoms with van der Waals surface area (Å²) in [5.41, 5.74) is 4.31. The van der Waals surface area contributed by atoms with Crippen molar-refractivity contribution in [3.8, 4) is 16.9 Å². The molecule has 0 saturated heterocycles. The molecular formula is C21H18N4O2. The first kappa shape index (κ1) is 16.8. The molecule has 6 heteroatoms. The standard InChI is InChI=1S/C21H18N4O2/c1-27-19-12-17(25-20(26)10-14-4-7-22-8-5-14)2-3-18(19)16-11-15-6-9-23-21(15)24-13-16/h2-9,11-13H,10H2,1H3,(H,23,24)(H,25,26). The Labute approximate surface area is 156 Å². The van der Waals surface area contributed by atoms with Crippen LogP contribution < -0.4 is 10.1 Å². The van der Waals surface area contributed by atoms with E-state index in [0.717, 1.165) is 27.7 Å². The summed E-state index contributed by atoms with van der Waals surface area (Å²) in [7, 11) is 1.61. The number of H-pyrrole nitrogens is 1. The SMILES string of the molecule is COc1cc(NC(=O)Cc2ccncc2)ccc1-c1cnc2[nH]ccc2c1. The second-order valence-electron chi connectivity index (χ2n) is 6.13. The summed E-state index contributed by atoms with van der Waals surface area (Å²) in [5, 5.41) is 3.94. The van der Waals surface area contributed by atoms with Crippen molar-refractivity contribution in [3.63, 3.8) is 0 Å². The predicted octanol–water partition coefficient (Wildman–Crippen LogP) is 3.81. The molecular weight excluding hydrogens is 340 g/mol. The highest BCUT2D eigenvalue weighted by Crippen LogP contribution is 2.33. The molecule has 0 aliphatic rings. The fourth-order valence-electron chi connectivity index (χ4n) is 2.99. The Kier molecular flexibility index (Phi) is 4.53. The van der Waals surface area contributed by atoms with Crippen LogP contribution in [0.15, 0.2) is 67.3 Å². The molecule has 0 unspecified atom stereocenters. The predicted molar refractivity (Wildman–Crippen MR) is 105 cm³/mol. The summed E-state index contributed by atoms with van der Waals surface area (Å²) in [6.07, 6.45) is 7.31. The van der Waals surface area contributed by atoms with Gasteiger partial charge in [0.2, 0.25) is 5.91 Å². The number of nitrogens with zero attached hydrogens (tertiary/aromatic N) is 2. The molecule has 0 radical (unpaired) electrons. The number of hydrogen-bond donors (Lipinski definition) is 2. The van der Waals surface area contributed by atoms with Crippen molar-refractivity contribution in [1.29, 1.82) is 0 Å². The summed E-state index contributed by atoms with van der Waals surface area (Å²) in [6.45, 7) is 0. The monoisotopic (exact) mass is 358 g/mol. The van der Waals surface area contributed by atoms with E-state index in [2.05, 4.69) is 26.3 Å². The minimum Gasteiger partial charge on any atom is -0.496 e. The Hall–Kier alpha value is -3.67. The Morgan fingerprint density at radius 1 is 1.15 bits per heavy atom. The van der Waals surface area contributed by atoms with Crippen LogP contribution in [0.4, 0.5) is 5.69 Å². The molecule has 27 heavy (non-hydrogen) atoms. The number of aromatic nitrogens is 3. The highest BCUT2D eigenvalue weighted by Gasteiger charge is 2.11. The third kappa shape index (κ3) is 3.64. The van der Waals surface area contributed by atoms with E-state index < -0.39 is 0 Å². The van der Waals surface area contributed by atoms with Crippen molar-refractivity contribution in [1.82, 2.24) is 15.0 Å². The van der Waals surface area contributed by atoms with Crippen molar-refractivity contribution < 1.29 is 9.53 Å². The Balaban J connectivity index is 1.56. The molecule has 2 N–H and O–H groups in total. The fraction of sp³-hybridized carbons (Fsp3) is 0.0952. The normalized spacial score (nSPS) is 10.7. The smallest absolute Gasteiger partial charge is 0.228 e. The van der Waals surface area contributed by atoms with Crippen LogP contribution in [0.2, 0.25) is 0 Å². The second kappa shape index (κ2) is 7.29. The number of nitrogens with one attached hydrogen (secondary N) is 2. The second-order valence-corrected chi connectivity index (χ2v) is 6.13. The topological polar surface area (TPSA) is 79.9 Å². The lowest BCUT2D eigenvalue weighted by molar-refractivity contribution is -0.115. The number of carbonyl (C=O) groups is 1. The summed E-state index contributed by atoms with van der Waals surface area (Å²) in [4.78, 5) is 23.7. The highest BCUT2D eigenvalue weighted by atomic mass is 16.5. The zero-order chi connectivity index (χ0) is 18.6. The summed E-state index contributed by atoms with van der Waals surface area (Å²) < 4.78 is 5.54. The molecule has 4 rings (SSSR count). The van der Waals surface area contributed by atoms with Gasteiger partial charge in [0.15, 0.2) is 0 Å². The van der Waals surface area contributed by atoms with E-state index in [1.165, 1.54) is 0 Å². The summed E-state index contributed by atoms with van der Waals surface area (Å²) in [5.74, 6) is 0.583. The third-order valence-corrected chi connectivity index (χ3v) is 4.31. The molecule has 0 saturated carbocycles. The van der Waals surface area contributed by atoms with E-state index in [-0.39, 0.29) is 5.91 Å². The quantitative estimate of drug-likeness (QED) is 0.568. The maximum atomic E-state index is 12.3. The number of benzene rings is 1. The first-order valence-electron chi connectivity index (χ1n) is 8.53. The number of anilines is 1. The van der Waals surface area contributed by atoms with Crippen LogP contribution >= 0.6 is 0 Å². The number of rotatable bonds is 5. The zero-order valence-electron chi connectivity index (χ0n) is 14.8. The van der Waals surface area contributed by atoms with Gasteiger partial charge in [-0.2, -0.15) is 0 Å². The van der Waals surface area contributed by atoms with Gasteiger partial charge in [0.1, 0.15) is 11.4 Å². The average Bonchev–Trinajstić information content (AvgIpc) is 3.16. The zero-order valence-corrected chi connectivity index (χ0v) is 14.8. The van der Waals surface area contributed by atoms with E-state index in [9.17, 15) is 4.79 Å². The van der Waals surface area contributed by atoms with Crippen LogP contribution in [0, 0.1) is 0 Å². The molecule has 6 nitrogen and oxygen atoms in total. The van der Waals surface area contributed by atoms with E-state index in [1.807, 2.05) is 42.6 Å². The molecule has 134 valence electrons. The van der Waals surface area contributed by atoms with Gasteiger partial charge in [-0.3, -0.25) is 9.78 Å². The van der Waals surface area contributed by atoms with E-state index in [1.54, 1.807) is 25.7 Å². The molecule has 1 amide bonds. The van der Waals surface area contributed by atoms with Crippen LogP contribution in [0.3, 0.4) is 0 Å². The van der Waals surface area contributed by atoms with Gasteiger partial charge >= 0.3 is 0 Å². The van der Waals surface area contributed by atoms with Gasteiger partial charge in [0.25, 0.3) is 0 Å². The number of fused-ring (bicyclic) bond motifs is 1. The number of ether oxygens (including phenoxy) is 1. The largest absolute Gasteiger partial charge is 0.496 e. The van der Waals surface area contributed by atoms with Crippen molar-refractivity contribution in [2.45, 2.75) is 6.42 Å². The molecule has 0 aliphatic carbocycles. The number of amides is 1. The summed E-state index contributed by atoms with van der Waals surface area (Å²) in [6, 6.07) is 13.3. The Bertz CT molecular complexity index is 1090. The molecule has 1 aromatic carbocycles. The molecule has 0 fully saturated rings. The van der Waals surface area contributed by atoms with Gasteiger partial charge in [-0.25, -0.2) is 4.98 Å². The maximum Gasteiger partial charge on any atom is 0.228 e. The van der Waals surface area contributed by atoms with E-state index in [0.29, 0.717) is 17.9 Å². The van der Waals surface area contributed by atoms with Gasteiger partial charge in [-0.15, -0.1) is 0 Å². The van der Waals surface area contributed by atoms with Gasteiger partial charge in [-0.05, 0) is 42.0 Å². The minimum absolute atomic E-state index is 0.0913. The number of carbonyl (C=O) groups excluding carboxylic acids is 1. The Morgan fingerprint density at radius 2 is 2.00 bits per heavy atom. The minimum atomic E-state index is -0.0913. The van der Waals surface area contributed by atoms with E-state index >= 15 is 0 Å². The third-order valence-electron chi connectivity index (χ3n) is 4.31.